The summed E-state index contributed by atoms with van der Waals surface area (Å²) in [7, 11) is 0. The van der Waals surface area contributed by atoms with E-state index < -0.39 is 0 Å². The minimum absolute atomic E-state index is 0.264. The Labute approximate surface area is 173 Å². The largest absolute Gasteiger partial charge is 0.398 e. The molecular formula is C19H26IN7. The lowest BCUT2D eigenvalue weighted by Crippen LogP contribution is -2.23. The fraction of sp³-hybridized carbons (Fsp3) is 0.421. The molecule has 4 N–H and O–H groups in total. The molecule has 27 heavy (non-hydrogen) atoms. The van der Waals surface area contributed by atoms with Gasteiger partial charge < -0.3 is 20.9 Å². The predicted molar refractivity (Wildman–Crippen MR) is 120 cm³/mol. The molecule has 0 aliphatic rings. The Morgan fingerprint density at radius 1 is 1.22 bits per heavy atom. The molecule has 1 aromatic carbocycles. The number of hydrogen-bond donors (Lipinski definition) is 3. The summed E-state index contributed by atoms with van der Waals surface area (Å²) in [5, 5.41) is 6.81. The number of hydrogen-bond acceptors (Lipinski definition) is 6. The SMILES string of the molecule is CCn1cnc2c(NCc3cc(I)ccc3N)nc(NC(C)C(C)C)nc21. The smallest absolute Gasteiger partial charge is 0.227 e. The number of nitrogens with two attached hydrogens (primary N) is 1. The van der Waals surface area contributed by atoms with Crippen LogP contribution in [0.1, 0.15) is 33.3 Å². The van der Waals surface area contributed by atoms with Crippen molar-refractivity contribution < 1.29 is 0 Å². The molecule has 1 atom stereocenters. The number of aromatic nitrogens is 4. The first-order valence-electron chi connectivity index (χ1n) is 9.16. The van der Waals surface area contributed by atoms with Crippen LogP contribution in [-0.2, 0) is 13.1 Å². The van der Waals surface area contributed by atoms with Crippen molar-refractivity contribution in [2.75, 3.05) is 16.4 Å². The maximum Gasteiger partial charge on any atom is 0.227 e. The summed E-state index contributed by atoms with van der Waals surface area (Å²) in [4.78, 5) is 13.9. The highest BCUT2D eigenvalue weighted by atomic mass is 127. The standard InChI is InChI=1S/C19H26IN7/c1-5-27-10-23-16-17(22-9-13-8-14(20)6-7-15(13)21)25-19(26-18(16)27)24-12(4)11(2)3/h6-8,10-12H,5,9,21H2,1-4H3,(H2,22,24,25,26). The molecule has 0 radical (unpaired) electrons. The van der Waals surface area contributed by atoms with Gasteiger partial charge in [-0.15, -0.1) is 0 Å². The third-order valence-corrected chi connectivity index (χ3v) is 5.38. The maximum absolute atomic E-state index is 6.11. The van der Waals surface area contributed by atoms with Gasteiger partial charge in [0.25, 0.3) is 0 Å². The minimum atomic E-state index is 0.264. The van der Waals surface area contributed by atoms with Crippen molar-refractivity contribution in [3.63, 3.8) is 0 Å². The van der Waals surface area contributed by atoms with Crippen LogP contribution in [0.4, 0.5) is 17.5 Å². The lowest BCUT2D eigenvalue weighted by molar-refractivity contribution is 0.556. The minimum Gasteiger partial charge on any atom is -0.398 e. The third kappa shape index (κ3) is 4.42. The van der Waals surface area contributed by atoms with E-state index in [9.17, 15) is 0 Å². The second-order valence-corrected chi connectivity index (χ2v) is 8.22. The summed E-state index contributed by atoms with van der Waals surface area (Å²) < 4.78 is 3.17. The van der Waals surface area contributed by atoms with Crippen LogP contribution in [0, 0.1) is 9.49 Å². The van der Waals surface area contributed by atoms with Gasteiger partial charge >= 0.3 is 0 Å². The number of halogens is 1. The Morgan fingerprint density at radius 2 is 2.00 bits per heavy atom. The second-order valence-electron chi connectivity index (χ2n) is 6.97. The van der Waals surface area contributed by atoms with Gasteiger partial charge in [0.15, 0.2) is 17.0 Å². The van der Waals surface area contributed by atoms with E-state index >= 15 is 0 Å². The van der Waals surface area contributed by atoms with Crippen molar-refractivity contribution in [1.82, 2.24) is 19.5 Å². The van der Waals surface area contributed by atoms with E-state index in [0.717, 1.165) is 32.5 Å². The molecule has 0 aliphatic heterocycles. The molecular weight excluding hydrogens is 453 g/mol. The predicted octanol–water partition coefficient (Wildman–Crippen LogP) is 4.10. The van der Waals surface area contributed by atoms with Gasteiger partial charge in [0.2, 0.25) is 5.95 Å². The van der Waals surface area contributed by atoms with Gasteiger partial charge in [-0.05, 0) is 66.1 Å². The first-order valence-corrected chi connectivity index (χ1v) is 10.2. The van der Waals surface area contributed by atoms with Crippen LogP contribution in [-0.4, -0.2) is 25.6 Å². The van der Waals surface area contributed by atoms with Crippen molar-refractivity contribution in [2.24, 2.45) is 5.92 Å². The topological polar surface area (TPSA) is 93.7 Å². The van der Waals surface area contributed by atoms with Crippen LogP contribution in [0.15, 0.2) is 24.5 Å². The van der Waals surface area contributed by atoms with Crippen LogP contribution in [0.3, 0.4) is 0 Å². The highest BCUT2D eigenvalue weighted by Gasteiger charge is 2.15. The number of rotatable bonds is 7. The number of benzene rings is 1. The fourth-order valence-electron chi connectivity index (χ4n) is 2.64. The van der Waals surface area contributed by atoms with E-state index in [-0.39, 0.29) is 6.04 Å². The number of nitrogen functional groups attached to an aromatic ring is 1. The summed E-state index contributed by atoms with van der Waals surface area (Å²) in [6, 6.07) is 6.27. The second kappa shape index (κ2) is 8.28. The van der Waals surface area contributed by atoms with E-state index in [4.69, 9.17) is 5.73 Å². The van der Waals surface area contributed by atoms with Crippen molar-refractivity contribution in [3.05, 3.63) is 33.7 Å². The van der Waals surface area contributed by atoms with E-state index in [0.29, 0.717) is 24.2 Å². The molecule has 0 saturated heterocycles. The molecule has 8 heteroatoms. The number of anilines is 3. The summed E-state index contributed by atoms with van der Waals surface area (Å²) >= 11 is 2.29. The van der Waals surface area contributed by atoms with Gasteiger partial charge in [0.1, 0.15) is 0 Å². The van der Waals surface area contributed by atoms with Crippen LogP contribution >= 0.6 is 22.6 Å². The summed E-state index contributed by atoms with van der Waals surface area (Å²) in [5.74, 6) is 1.80. The lowest BCUT2D eigenvalue weighted by atomic mass is 10.1. The van der Waals surface area contributed by atoms with Gasteiger partial charge in [-0.2, -0.15) is 9.97 Å². The van der Waals surface area contributed by atoms with E-state index in [1.54, 1.807) is 6.33 Å². The van der Waals surface area contributed by atoms with Crippen LogP contribution in [0.25, 0.3) is 11.2 Å². The molecule has 0 spiro atoms. The molecule has 7 nitrogen and oxygen atoms in total. The zero-order chi connectivity index (χ0) is 19.6. The summed E-state index contributed by atoms with van der Waals surface area (Å²) in [5.41, 5.74) is 9.50. The molecule has 2 aromatic heterocycles. The molecule has 0 fully saturated rings. The van der Waals surface area contributed by atoms with Crippen LogP contribution in [0.2, 0.25) is 0 Å². The Morgan fingerprint density at radius 3 is 2.70 bits per heavy atom. The molecule has 3 rings (SSSR count). The van der Waals surface area contributed by atoms with Crippen LogP contribution < -0.4 is 16.4 Å². The number of imidazole rings is 1. The van der Waals surface area contributed by atoms with E-state index in [1.165, 1.54) is 0 Å². The maximum atomic E-state index is 6.11. The Kier molecular flexibility index (Phi) is 6.03. The van der Waals surface area contributed by atoms with Gasteiger partial charge in [0, 0.05) is 28.4 Å². The summed E-state index contributed by atoms with van der Waals surface area (Å²) in [6.45, 7) is 9.93. The van der Waals surface area contributed by atoms with Gasteiger partial charge in [0.05, 0.1) is 6.33 Å². The zero-order valence-corrected chi connectivity index (χ0v) is 18.3. The first kappa shape index (κ1) is 19.7. The monoisotopic (exact) mass is 479 g/mol. The zero-order valence-electron chi connectivity index (χ0n) is 16.1. The molecule has 0 saturated carbocycles. The van der Waals surface area contributed by atoms with Crippen molar-refractivity contribution in [3.8, 4) is 0 Å². The molecule has 1 unspecified atom stereocenters. The van der Waals surface area contributed by atoms with E-state index in [1.807, 2.05) is 16.7 Å². The highest BCUT2D eigenvalue weighted by Crippen LogP contribution is 2.24. The van der Waals surface area contributed by atoms with E-state index in [2.05, 4.69) is 81.9 Å². The van der Waals surface area contributed by atoms with Gasteiger partial charge in [-0.1, -0.05) is 13.8 Å². The third-order valence-electron chi connectivity index (χ3n) is 4.71. The molecule has 144 valence electrons. The molecule has 0 aliphatic carbocycles. The quantitative estimate of drug-likeness (QED) is 0.349. The number of nitrogens with one attached hydrogen (secondary N) is 2. The van der Waals surface area contributed by atoms with Crippen LogP contribution in [0.5, 0.6) is 0 Å². The number of fused-ring (bicyclic) bond motifs is 1. The average molecular weight is 479 g/mol. The Hall–Kier alpha value is -2.10. The van der Waals surface area contributed by atoms with Crippen molar-refractivity contribution in [2.45, 2.75) is 46.8 Å². The average Bonchev–Trinajstić information content (AvgIpc) is 3.05. The van der Waals surface area contributed by atoms with Crippen molar-refractivity contribution >= 4 is 51.2 Å². The van der Waals surface area contributed by atoms with Gasteiger partial charge in [-0.3, -0.25) is 0 Å². The molecule has 0 bridgehead atoms. The van der Waals surface area contributed by atoms with Gasteiger partial charge in [-0.25, -0.2) is 4.98 Å². The number of nitrogens with zero attached hydrogens (tertiary/aromatic N) is 4. The highest BCUT2D eigenvalue weighted by molar-refractivity contribution is 14.1. The Bertz CT molecular complexity index is 935. The normalized spacial score (nSPS) is 12.5. The molecule has 0 amide bonds. The first-order chi connectivity index (χ1) is 12.9. The lowest BCUT2D eigenvalue weighted by Gasteiger charge is -2.18. The molecule has 3 aromatic rings. The van der Waals surface area contributed by atoms with Crippen molar-refractivity contribution in [1.29, 1.82) is 0 Å². The fourth-order valence-corrected chi connectivity index (χ4v) is 3.20. The summed E-state index contributed by atoms with van der Waals surface area (Å²) in [6.07, 6.45) is 1.81. The number of aryl methyl sites for hydroxylation is 1. The molecule has 2 heterocycles. The Balaban J connectivity index is 1.94.